The number of aromatic nitrogens is 1. The summed E-state index contributed by atoms with van der Waals surface area (Å²) in [6.07, 6.45) is 9.82. The lowest BCUT2D eigenvalue weighted by atomic mass is 9.57. The molecule has 6 rings (SSSR count). The van der Waals surface area contributed by atoms with Gasteiger partial charge < -0.3 is 28.3 Å². The first kappa shape index (κ1) is 43.9. The summed E-state index contributed by atoms with van der Waals surface area (Å²) >= 11 is 0. The Labute approximate surface area is 346 Å². The van der Waals surface area contributed by atoms with Crippen molar-refractivity contribution in [2.24, 2.45) is 11.8 Å². The maximum atomic E-state index is 16.1. The number of ketones is 2. The van der Waals surface area contributed by atoms with Crippen molar-refractivity contribution in [3.05, 3.63) is 65.0 Å². The number of likely N-dealkylation sites (tertiary alicyclic amines) is 1. The van der Waals surface area contributed by atoms with Crippen molar-refractivity contribution in [3.63, 3.8) is 0 Å². The Kier molecular flexibility index (Phi) is 13.2. The molecule has 1 unspecified atom stereocenters. The number of rotatable bonds is 18. The van der Waals surface area contributed by atoms with Crippen LogP contribution in [0.4, 0.5) is 0 Å². The molecule has 2 heterocycles. The molecule has 0 spiro atoms. The van der Waals surface area contributed by atoms with Crippen molar-refractivity contribution >= 4 is 25.6 Å². The molecule has 2 aromatic rings. The minimum absolute atomic E-state index is 0.0614. The van der Waals surface area contributed by atoms with Gasteiger partial charge in [0.2, 0.25) is 11.6 Å². The van der Waals surface area contributed by atoms with Gasteiger partial charge in [-0.2, -0.15) is 0 Å². The van der Waals surface area contributed by atoms with Crippen LogP contribution in [0.1, 0.15) is 131 Å². The van der Waals surface area contributed by atoms with Crippen LogP contribution in [0.3, 0.4) is 0 Å². The molecule has 1 aromatic heterocycles. The number of aliphatic hydroxyl groups is 1. The number of aliphatic hydroxyl groups excluding tert-OH is 1. The second kappa shape index (κ2) is 17.5. The van der Waals surface area contributed by atoms with Gasteiger partial charge >= 0.3 is 0 Å². The predicted molar refractivity (Wildman–Crippen MR) is 229 cm³/mol. The number of ether oxygens (including phenoxy) is 3. The lowest BCUT2D eigenvalue weighted by Crippen LogP contribution is -2.68. The Morgan fingerprint density at radius 3 is 2.33 bits per heavy atom. The Morgan fingerprint density at radius 2 is 1.72 bits per heavy atom. The summed E-state index contributed by atoms with van der Waals surface area (Å²) in [5.74, 6) is -0.725. The maximum absolute atomic E-state index is 16.1. The Balaban J connectivity index is 1.64. The van der Waals surface area contributed by atoms with Gasteiger partial charge in [-0.1, -0.05) is 66.5 Å². The number of nitrogens with zero attached hydrogens (tertiary/aromatic N) is 3. The van der Waals surface area contributed by atoms with E-state index < -0.39 is 43.4 Å². The van der Waals surface area contributed by atoms with Crippen molar-refractivity contribution in [2.75, 3.05) is 46.5 Å². The van der Waals surface area contributed by atoms with E-state index in [1.165, 1.54) is 0 Å². The number of carbonyl (C=O) groups is 2. The smallest absolute Gasteiger partial charge is 0.265 e. The summed E-state index contributed by atoms with van der Waals surface area (Å²) in [6.45, 7) is 28.4. The number of methoxy groups -OCH3 is 1. The fourth-order valence-electron chi connectivity index (χ4n) is 9.55. The van der Waals surface area contributed by atoms with Crippen LogP contribution in [0.25, 0.3) is 5.76 Å². The quantitative estimate of drug-likeness (QED) is 0.0670. The third kappa shape index (κ3) is 7.40. The van der Waals surface area contributed by atoms with E-state index in [1.807, 2.05) is 6.07 Å². The van der Waals surface area contributed by atoms with Gasteiger partial charge in [-0.05, 0) is 86.9 Å². The molecular weight excluding hydrogens is 751 g/mol. The molecule has 1 aromatic carbocycles. The van der Waals surface area contributed by atoms with Crippen molar-refractivity contribution < 1.29 is 37.9 Å². The van der Waals surface area contributed by atoms with Crippen LogP contribution in [0, 0.1) is 11.8 Å². The largest absolute Gasteiger partial charge is 0.507 e. The summed E-state index contributed by atoms with van der Waals surface area (Å²) in [4.78, 5) is 36.3. The summed E-state index contributed by atoms with van der Waals surface area (Å²) in [5.41, 5.74) is 0.651. The molecule has 11 nitrogen and oxygen atoms in total. The van der Waals surface area contributed by atoms with Crippen molar-refractivity contribution in [1.82, 2.24) is 15.0 Å². The summed E-state index contributed by atoms with van der Waals surface area (Å²) in [6, 6.07) is 1.53. The molecule has 4 aliphatic rings. The third-order valence-corrected chi connectivity index (χ3v) is 17.9. The van der Waals surface area contributed by atoms with E-state index in [2.05, 4.69) is 82.8 Å². The van der Waals surface area contributed by atoms with E-state index in [-0.39, 0.29) is 33.9 Å². The van der Waals surface area contributed by atoms with Gasteiger partial charge in [0, 0.05) is 41.7 Å². The molecule has 0 bridgehead atoms. The van der Waals surface area contributed by atoms with E-state index in [1.54, 1.807) is 19.3 Å². The minimum Gasteiger partial charge on any atom is -0.507 e. The zero-order valence-corrected chi connectivity index (χ0v) is 37.5. The number of hydrogen-bond acceptors (Lipinski definition) is 11. The molecule has 2 fully saturated rings. The topological polar surface area (TPSA) is 124 Å². The Morgan fingerprint density at radius 1 is 1.05 bits per heavy atom. The third-order valence-electron chi connectivity index (χ3n) is 13.4. The molecule has 0 amide bonds. The predicted octanol–water partition coefficient (Wildman–Crippen LogP) is 9.60. The minimum atomic E-state index is -2.92. The van der Waals surface area contributed by atoms with Crippen LogP contribution in [0.5, 0.6) is 17.4 Å². The molecule has 318 valence electrons. The molecule has 1 saturated carbocycles. The first-order chi connectivity index (χ1) is 27.7. The lowest BCUT2D eigenvalue weighted by Gasteiger charge is -2.55. The van der Waals surface area contributed by atoms with Crippen LogP contribution >= 0.6 is 0 Å². The monoisotopic (exact) mass is 817 g/mol. The fourth-order valence-corrected chi connectivity index (χ4v) is 11.0. The average molecular weight is 818 g/mol. The average Bonchev–Trinajstić information content (AvgIpc) is 3.83. The summed E-state index contributed by atoms with van der Waals surface area (Å²) < 4.78 is 32.5. The van der Waals surface area contributed by atoms with E-state index in [0.29, 0.717) is 56.2 Å². The molecular formula is C46H67N3O8Si. The van der Waals surface area contributed by atoms with E-state index in [4.69, 9.17) is 23.2 Å². The Bertz CT molecular complexity index is 1900. The summed E-state index contributed by atoms with van der Waals surface area (Å²) in [5, 5.41) is 16.7. The van der Waals surface area contributed by atoms with Crippen LogP contribution in [-0.4, -0.2) is 92.1 Å². The van der Waals surface area contributed by atoms with Crippen molar-refractivity contribution in [1.29, 1.82) is 0 Å². The van der Waals surface area contributed by atoms with Crippen LogP contribution < -0.4 is 14.2 Å². The highest BCUT2D eigenvalue weighted by molar-refractivity contribution is 6.74. The molecule has 1 N–H and O–H groups in total. The van der Waals surface area contributed by atoms with Crippen LogP contribution in [0.15, 0.2) is 41.5 Å². The number of unbranched alkanes of at least 4 members (excludes halogenated alkanes) is 2. The molecule has 12 heteroatoms. The lowest BCUT2D eigenvalue weighted by molar-refractivity contribution is -0.141. The summed E-state index contributed by atoms with van der Waals surface area (Å²) in [7, 11) is -1.23. The van der Waals surface area contributed by atoms with Gasteiger partial charge in [-0.25, -0.2) is 0 Å². The zero-order chi connectivity index (χ0) is 42.2. The molecule has 58 heavy (non-hydrogen) atoms. The van der Waals surface area contributed by atoms with Crippen LogP contribution in [0.2, 0.25) is 18.1 Å². The highest BCUT2D eigenvalue weighted by Crippen LogP contribution is 2.60. The van der Waals surface area contributed by atoms with Crippen molar-refractivity contribution in [3.8, 4) is 17.4 Å². The highest BCUT2D eigenvalue weighted by Gasteiger charge is 2.69. The number of hydrogen-bond donors (Lipinski definition) is 1. The van der Waals surface area contributed by atoms with E-state index in [0.717, 1.165) is 68.5 Å². The SMILES string of the molecule is C=CCN(CC=C)[C@@H]1c2onc(OCCCC)c2C(=O)[C@@]2(O[Si](C)(C)C(C)(C)C)C(=O)C3=C(O)c4c(OCCCC)cc(C5CCCN5CC)c(OC)c4C[C@H]3C[C@@H]12. The normalized spacial score (nSPS) is 24.7. The number of carbonyl (C=O) groups excluding carboxylic acids is 2. The first-order valence-electron chi connectivity index (χ1n) is 21.6. The van der Waals surface area contributed by atoms with Gasteiger partial charge in [0.1, 0.15) is 22.8 Å². The number of Topliss-reactive ketones (excluding diaryl/α,β-unsaturated/α-hetero) is 2. The van der Waals surface area contributed by atoms with Gasteiger partial charge in [0.25, 0.3) is 5.88 Å². The standard InChI is InChI=1S/C46H67N3O8Si/c1-12-17-24-54-34-28-30(33-20-19-23-48(33)16-5)40(53-9)31-26-29-27-32-38(49(21-14-3)22-15-4)41-37(44(47-56-41)55-25-18-13-2)43(52)46(32,57-58(10,11)45(6,7)8)42(51)35(29)39(50)36(31)34/h14-15,28-29,32-33,38,50H,3-4,12-13,16-27H2,1-2,5-11H3/t29-,32-,33?,38-,46-/m0/s1. The molecule has 1 aliphatic heterocycles. The zero-order valence-electron chi connectivity index (χ0n) is 36.5. The number of fused-ring (bicyclic) bond motifs is 4. The first-order valence-corrected chi connectivity index (χ1v) is 24.5. The fraction of sp³-hybridized carbons (Fsp3) is 0.630. The molecule has 0 radical (unpaired) electrons. The van der Waals surface area contributed by atoms with Gasteiger partial charge in [-0.15, -0.1) is 13.2 Å². The van der Waals surface area contributed by atoms with Gasteiger partial charge in [0.15, 0.2) is 19.7 Å². The molecule has 5 atom stereocenters. The van der Waals surface area contributed by atoms with Gasteiger partial charge in [-0.3, -0.25) is 19.4 Å². The van der Waals surface area contributed by atoms with E-state index >= 15 is 9.59 Å². The molecule has 1 saturated heterocycles. The van der Waals surface area contributed by atoms with Gasteiger partial charge in [0.05, 0.1) is 31.9 Å². The van der Waals surface area contributed by atoms with Crippen LogP contribution in [-0.2, 0) is 15.6 Å². The van der Waals surface area contributed by atoms with Crippen molar-refractivity contribution in [2.45, 2.75) is 129 Å². The number of benzene rings is 1. The Hall–Kier alpha value is -3.71. The second-order valence-corrected chi connectivity index (χ2v) is 22.7. The maximum Gasteiger partial charge on any atom is 0.265 e. The highest BCUT2D eigenvalue weighted by atomic mass is 28.4. The molecule has 3 aliphatic carbocycles. The van der Waals surface area contributed by atoms with E-state index in [9.17, 15) is 5.11 Å². The second-order valence-electron chi connectivity index (χ2n) is 18.0.